The highest BCUT2D eigenvalue weighted by Gasteiger charge is 2.28. The number of nitrogens with two attached hydrogens (primary N) is 2. The van der Waals surface area contributed by atoms with Gasteiger partial charge < -0.3 is 67.5 Å². The van der Waals surface area contributed by atoms with Crippen molar-refractivity contribution in [3.63, 3.8) is 0 Å². The van der Waals surface area contributed by atoms with Crippen molar-refractivity contribution in [3.05, 3.63) is 97.0 Å². The van der Waals surface area contributed by atoms with Gasteiger partial charge in [-0.05, 0) is 173 Å². The number of hydrogen-bond acceptors (Lipinski definition) is 16. The van der Waals surface area contributed by atoms with Gasteiger partial charge in [-0.3, -0.25) is 19.2 Å². The van der Waals surface area contributed by atoms with Gasteiger partial charge in [0, 0.05) is 117 Å². The number of halogens is 6. The molecule has 4 atom stereocenters. The first-order valence-corrected chi connectivity index (χ1v) is 30.9. The lowest BCUT2D eigenvalue weighted by Crippen LogP contribution is -2.51. The van der Waals surface area contributed by atoms with E-state index in [9.17, 15) is 24.0 Å². The van der Waals surface area contributed by atoms with Gasteiger partial charge in [0.1, 0.15) is 17.0 Å². The standard InChI is InChI=1S/C18H25Cl2N3O3.C17H20Cl2N6O.C13H17Cl2N3O.C11H21NO2/c1-18(2,3)26-17(25)22-14-5-4-6-23(11-14)16(24)10-21-15-8-12(19)7-13(20)9-15;18-11-6-12(19)8-14(7-11)22-9-16(26)25-5-1-2-13(10-25)23-15-3-4-21-17(20)24-15;14-9-4-10(15)6-12(5-9)17-7-13(19)18-3-1-2-11(16)8-18;1-11(2,3)14-10(13)7-9-5-4-6-12-8-9/h7-9,14,21H,4-6,10-11H2,1-3H3,(H,22,25);3-4,6-8,13,22H,1-2,5,9-10H2,(H3,20,21,23,24);4-6,11,17H,1-3,7-8,16H2;9,12H,4-8H2,1-3H3/t14-;13-;11-;9-/m0001/s1. The molecule has 0 spiro atoms. The number of piperidine rings is 4. The molecule has 1 aromatic heterocycles. The first-order valence-electron chi connectivity index (χ1n) is 28.6. The fourth-order valence-corrected chi connectivity index (χ4v) is 11.1. The van der Waals surface area contributed by atoms with E-state index in [1.165, 1.54) is 6.42 Å². The van der Waals surface area contributed by atoms with E-state index in [2.05, 4.69) is 41.9 Å². The van der Waals surface area contributed by atoms with Crippen LogP contribution in [0.4, 0.5) is 33.6 Å². The summed E-state index contributed by atoms with van der Waals surface area (Å²) >= 11 is 35.7. The number of anilines is 5. The fourth-order valence-electron chi connectivity index (χ4n) is 9.57. The molecule has 85 heavy (non-hydrogen) atoms. The highest BCUT2D eigenvalue weighted by atomic mass is 35.5. The number of likely N-dealkylation sites (tertiary alicyclic amines) is 3. The predicted molar refractivity (Wildman–Crippen MR) is 343 cm³/mol. The van der Waals surface area contributed by atoms with Crippen LogP contribution in [0.15, 0.2) is 66.9 Å². The maximum atomic E-state index is 12.5. The van der Waals surface area contributed by atoms with Crippen LogP contribution in [0.1, 0.15) is 99.3 Å². The maximum absolute atomic E-state index is 12.5. The molecule has 468 valence electrons. The van der Waals surface area contributed by atoms with Crippen molar-refractivity contribution in [2.24, 2.45) is 11.7 Å². The second-order valence-corrected chi connectivity index (χ2v) is 25.8. The minimum Gasteiger partial charge on any atom is -0.460 e. The fraction of sp³-hybridized carbons (Fsp3) is 0.542. The summed E-state index contributed by atoms with van der Waals surface area (Å²) in [4.78, 5) is 73.8. The molecule has 20 nitrogen and oxygen atoms in total. The number of esters is 1. The first kappa shape index (κ1) is 70.3. The third kappa shape index (κ3) is 28.3. The zero-order valence-corrected chi connectivity index (χ0v) is 53.9. The Morgan fingerprint density at radius 1 is 0.600 bits per heavy atom. The number of nitrogens with one attached hydrogen (secondary N) is 6. The van der Waals surface area contributed by atoms with E-state index in [1.54, 1.807) is 76.7 Å². The quantitative estimate of drug-likeness (QED) is 0.0546. The Hall–Kier alpha value is -5.45. The van der Waals surface area contributed by atoms with E-state index in [4.69, 9.17) is 90.5 Å². The maximum Gasteiger partial charge on any atom is 0.407 e. The minimum absolute atomic E-state index is 0.0230. The summed E-state index contributed by atoms with van der Waals surface area (Å²) in [6.45, 7) is 17.7. The van der Waals surface area contributed by atoms with Crippen molar-refractivity contribution < 1.29 is 33.4 Å². The lowest BCUT2D eigenvalue weighted by Gasteiger charge is -2.33. The first-order chi connectivity index (χ1) is 40.1. The van der Waals surface area contributed by atoms with E-state index >= 15 is 0 Å². The smallest absolute Gasteiger partial charge is 0.407 e. The molecule has 0 bridgehead atoms. The molecule has 4 saturated heterocycles. The number of hydrogen-bond donors (Lipinski definition) is 8. The van der Waals surface area contributed by atoms with Gasteiger partial charge in [-0.15, -0.1) is 0 Å². The lowest BCUT2D eigenvalue weighted by molar-refractivity contribution is -0.156. The number of ether oxygens (including phenoxy) is 2. The summed E-state index contributed by atoms with van der Waals surface area (Å²) in [5.41, 5.74) is 12.7. The Balaban J connectivity index is 0.000000212. The van der Waals surface area contributed by atoms with Crippen LogP contribution in [0.2, 0.25) is 30.1 Å². The van der Waals surface area contributed by atoms with Crippen LogP contribution in [-0.4, -0.2) is 156 Å². The monoisotopic (exact) mass is 1300 g/mol. The van der Waals surface area contributed by atoms with Crippen LogP contribution < -0.4 is 43.4 Å². The molecule has 0 saturated carbocycles. The van der Waals surface area contributed by atoms with Crippen molar-refractivity contribution in [2.45, 2.75) is 129 Å². The van der Waals surface area contributed by atoms with Crippen molar-refractivity contribution in [3.8, 4) is 0 Å². The molecule has 3 aromatic carbocycles. The second kappa shape index (κ2) is 34.8. The number of amides is 4. The van der Waals surface area contributed by atoms with E-state index in [-0.39, 0.29) is 73.0 Å². The largest absolute Gasteiger partial charge is 0.460 e. The summed E-state index contributed by atoms with van der Waals surface area (Å²) in [6, 6.07) is 17.2. The van der Waals surface area contributed by atoms with Gasteiger partial charge in [0.15, 0.2) is 0 Å². The molecule has 4 aliphatic heterocycles. The Kier molecular flexibility index (Phi) is 28.8. The van der Waals surface area contributed by atoms with Gasteiger partial charge in [0.25, 0.3) is 0 Å². The zero-order chi connectivity index (χ0) is 62.3. The Bertz CT molecular complexity index is 2760. The van der Waals surface area contributed by atoms with Crippen molar-refractivity contribution in [2.75, 3.05) is 99.0 Å². The molecular formula is C59H83Cl6N13O7. The van der Waals surface area contributed by atoms with Crippen molar-refractivity contribution >= 4 is 128 Å². The van der Waals surface area contributed by atoms with Crippen LogP contribution in [-0.2, 0) is 28.7 Å². The molecule has 5 heterocycles. The van der Waals surface area contributed by atoms with E-state index in [1.807, 2.05) is 46.4 Å². The van der Waals surface area contributed by atoms with Crippen molar-refractivity contribution in [1.82, 2.24) is 35.3 Å². The molecule has 4 amide bonds. The number of carbonyl (C=O) groups is 5. The Labute approximate surface area is 530 Å². The summed E-state index contributed by atoms with van der Waals surface area (Å²) in [6.07, 6.45) is 9.52. The number of alkyl carbamates (subject to hydrolysis) is 1. The van der Waals surface area contributed by atoms with Crippen LogP contribution in [0, 0.1) is 5.92 Å². The molecular weight excluding hydrogens is 1220 g/mol. The lowest BCUT2D eigenvalue weighted by atomic mass is 9.96. The number of benzene rings is 3. The molecule has 8 rings (SSSR count). The summed E-state index contributed by atoms with van der Waals surface area (Å²) in [5.74, 6) is 1.33. The number of aromatic nitrogens is 2. The van der Waals surface area contributed by atoms with Gasteiger partial charge in [0.05, 0.1) is 19.6 Å². The number of nitrogen functional groups attached to an aromatic ring is 1. The predicted octanol–water partition coefficient (Wildman–Crippen LogP) is 10.9. The molecule has 0 unspecified atom stereocenters. The third-order valence-corrected chi connectivity index (χ3v) is 14.6. The summed E-state index contributed by atoms with van der Waals surface area (Å²) < 4.78 is 10.5. The van der Waals surface area contributed by atoms with Gasteiger partial charge >= 0.3 is 12.1 Å². The van der Waals surface area contributed by atoms with Crippen LogP contribution in [0.25, 0.3) is 0 Å². The summed E-state index contributed by atoms with van der Waals surface area (Å²) in [7, 11) is 0. The van der Waals surface area contributed by atoms with E-state index in [0.717, 1.165) is 82.5 Å². The highest BCUT2D eigenvalue weighted by molar-refractivity contribution is 6.36. The Morgan fingerprint density at radius 2 is 1.04 bits per heavy atom. The minimum atomic E-state index is -0.545. The highest BCUT2D eigenvalue weighted by Crippen LogP contribution is 2.26. The normalized spacial score (nSPS) is 18.7. The van der Waals surface area contributed by atoms with Gasteiger partial charge in [-0.1, -0.05) is 69.6 Å². The average molecular weight is 1300 g/mol. The van der Waals surface area contributed by atoms with Gasteiger partial charge in [-0.25, -0.2) is 9.78 Å². The van der Waals surface area contributed by atoms with Crippen LogP contribution in [0.3, 0.4) is 0 Å². The molecule has 0 radical (unpaired) electrons. The van der Waals surface area contributed by atoms with E-state index < -0.39 is 11.7 Å². The molecule has 10 N–H and O–H groups in total. The zero-order valence-electron chi connectivity index (χ0n) is 49.3. The second-order valence-electron chi connectivity index (χ2n) is 23.2. The van der Waals surface area contributed by atoms with E-state index in [0.29, 0.717) is 80.2 Å². The number of rotatable bonds is 14. The van der Waals surface area contributed by atoms with Gasteiger partial charge in [-0.2, -0.15) is 4.98 Å². The number of carbonyl (C=O) groups excluding carboxylic acids is 5. The van der Waals surface area contributed by atoms with Crippen LogP contribution in [0.5, 0.6) is 0 Å². The van der Waals surface area contributed by atoms with Gasteiger partial charge in [0.2, 0.25) is 23.7 Å². The third-order valence-electron chi connectivity index (χ3n) is 13.3. The molecule has 0 aliphatic carbocycles. The molecule has 4 aliphatic rings. The SMILES string of the molecule is CC(C)(C)OC(=O)C[C@H]1CCCNC1.CC(C)(C)OC(=O)N[C@H]1CCCN(C(=O)CNc2cc(Cl)cc(Cl)c2)C1.N[C@H]1CCCN(C(=O)CNc2cc(Cl)cc(Cl)c2)C1.Nc1nccc(N[C@H]2CCCN(C(=O)CNc3cc(Cl)cc(Cl)c3)C2)n1. The van der Waals surface area contributed by atoms with Crippen LogP contribution >= 0.6 is 69.6 Å². The Morgan fingerprint density at radius 3 is 1.46 bits per heavy atom. The number of nitrogens with zero attached hydrogens (tertiary/aromatic N) is 5. The molecule has 26 heteroatoms. The topological polar surface area (TPSA) is 264 Å². The molecule has 4 fully saturated rings. The molecule has 4 aromatic rings. The average Bonchev–Trinajstić information content (AvgIpc) is 3.43. The summed E-state index contributed by atoms with van der Waals surface area (Å²) in [5, 5.41) is 21.8. The van der Waals surface area contributed by atoms with Crippen molar-refractivity contribution in [1.29, 1.82) is 0 Å².